The van der Waals surface area contributed by atoms with Crippen molar-refractivity contribution in [3.05, 3.63) is 34.1 Å². The Hall–Kier alpha value is -0.820. The number of hydrogen-bond donors (Lipinski definition) is 1. The lowest BCUT2D eigenvalue weighted by Gasteiger charge is -2.33. The molecule has 1 aliphatic heterocycles. The molecule has 0 radical (unpaired) electrons. The van der Waals surface area contributed by atoms with Crippen LogP contribution in [0.3, 0.4) is 0 Å². The lowest BCUT2D eigenvalue weighted by atomic mass is 9.88. The van der Waals surface area contributed by atoms with Crippen molar-refractivity contribution in [3.8, 4) is 0 Å². The summed E-state index contributed by atoms with van der Waals surface area (Å²) in [7, 11) is 0. The molecule has 0 bridgehead atoms. The van der Waals surface area contributed by atoms with Gasteiger partial charge in [-0.15, -0.1) is 0 Å². The number of ketones is 1. The summed E-state index contributed by atoms with van der Waals surface area (Å²) in [5, 5.41) is 10.7. The van der Waals surface area contributed by atoms with E-state index in [0.29, 0.717) is 42.8 Å². The van der Waals surface area contributed by atoms with Crippen LogP contribution in [0.25, 0.3) is 0 Å². The third-order valence-electron chi connectivity index (χ3n) is 4.05. The summed E-state index contributed by atoms with van der Waals surface area (Å²) in [4.78, 5) is 14.7. The Kier molecular flexibility index (Phi) is 6.09. The van der Waals surface area contributed by atoms with Gasteiger partial charge >= 0.3 is 0 Å². The molecule has 1 heterocycles. The van der Waals surface area contributed by atoms with E-state index in [9.17, 15) is 14.4 Å². The van der Waals surface area contributed by atoms with Crippen molar-refractivity contribution >= 4 is 21.7 Å². The number of nitrogens with zero attached hydrogens (tertiary/aromatic N) is 2. The molecule has 1 fully saturated rings. The number of carbonyl (C=O) groups is 1. The summed E-state index contributed by atoms with van der Waals surface area (Å²) in [5.41, 5.74) is 0.714. The number of benzene rings is 1. The molecule has 0 aromatic heterocycles. The van der Waals surface area contributed by atoms with E-state index in [2.05, 4.69) is 20.8 Å². The second-order valence-electron chi connectivity index (χ2n) is 6.04. The predicted molar refractivity (Wildman–Crippen MR) is 86.5 cm³/mol. The minimum Gasteiger partial charge on any atom is -0.314 e. The van der Waals surface area contributed by atoms with Crippen molar-refractivity contribution in [2.45, 2.75) is 19.8 Å². The fourth-order valence-corrected chi connectivity index (χ4v) is 2.92. The number of piperazine rings is 1. The minimum atomic E-state index is -0.348. The van der Waals surface area contributed by atoms with E-state index in [1.807, 2.05) is 13.8 Å². The second kappa shape index (κ2) is 7.64. The molecule has 1 saturated heterocycles. The number of hydroxylamine groups is 2. The number of hydrogen-bond acceptors (Lipinski definition) is 4. The lowest BCUT2D eigenvalue weighted by molar-refractivity contribution is -0.127. The van der Waals surface area contributed by atoms with Gasteiger partial charge in [-0.1, -0.05) is 19.9 Å². The molecule has 4 nitrogen and oxygen atoms in total. The molecule has 1 aromatic rings. The van der Waals surface area contributed by atoms with E-state index < -0.39 is 0 Å². The predicted octanol–water partition coefficient (Wildman–Crippen LogP) is 2.90. The highest BCUT2D eigenvalue weighted by Gasteiger charge is 2.27. The second-order valence-corrected chi connectivity index (χ2v) is 6.89. The van der Waals surface area contributed by atoms with E-state index >= 15 is 0 Å². The van der Waals surface area contributed by atoms with E-state index in [0.717, 1.165) is 0 Å². The Bertz CT molecular complexity index is 531. The fraction of sp³-hybridized carbons (Fsp3) is 0.562. The Balaban J connectivity index is 2.19. The van der Waals surface area contributed by atoms with Gasteiger partial charge in [0.1, 0.15) is 11.6 Å². The molecule has 0 spiro atoms. The highest BCUT2D eigenvalue weighted by molar-refractivity contribution is 9.10. The van der Waals surface area contributed by atoms with E-state index in [-0.39, 0.29) is 23.4 Å². The van der Waals surface area contributed by atoms with Crippen molar-refractivity contribution in [1.29, 1.82) is 0 Å². The van der Waals surface area contributed by atoms with Gasteiger partial charge in [0.05, 0.1) is 10.4 Å². The van der Waals surface area contributed by atoms with Crippen LogP contribution in [0.1, 0.15) is 25.3 Å². The van der Waals surface area contributed by atoms with Crippen LogP contribution in [0.15, 0.2) is 22.7 Å². The first-order chi connectivity index (χ1) is 10.4. The maximum atomic E-state index is 13.8. The Morgan fingerprint density at radius 3 is 2.50 bits per heavy atom. The van der Waals surface area contributed by atoms with Crippen molar-refractivity contribution < 1.29 is 14.4 Å². The molecule has 0 saturated carbocycles. The molecule has 1 aromatic carbocycles. The summed E-state index contributed by atoms with van der Waals surface area (Å²) < 4.78 is 14.2. The lowest BCUT2D eigenvalue weighted by Crippen LogP contribution is -2.47. The monoisotopic (exact) mass is 372 g/mol. The van der Waals surface area contributed by atoms with Crippen LogP contribution in [0, 0.1) is 11.7 Å². The first-order valence-electron chi connectivity index (χ1n) is 7.53. The van der Waals surface area contributed by atoms with Crippen LogP contribution in [0.2, 0.25) is 0 Å². The zero-order valence-electron chi connectivity index (χ0n) is 12.9. The molecular formula is C16H22BrFN2O2. The molecule has 0 aliphatic carbocycles. The molecular weight excluding hydrogens is 351 g/mol. The average molecular weight is 373 g/mol. The quantitative estimate of drug-likeness (QED) is 0.862. The molecule has 22 heavy (non-hydrogen) atoms. The topological polar surface area (TPSA) is 43.8 Å². The van der Waals surface area contributed by atoms with Gasteiger partial charge < -0.3 is 5.21 Å². The van der Waals surface area contributed by atoms with Gasteiger partial charge in [0, 0.05) is 38.6 Å². The van der Waals surface area contributed by atoms with Gasteiger partial charge in [-0.3, -0.25) is 9.69 Å². The Labute approximate surface area is 139 Å². The van der Waals surface area contributed by atoms with Gasteiger partial charge in [-0.25, -0.2) is 4.39 Å². The summed E-state index contributed by atoms with van der Waals surface area (Å²) in [5.74, 6) is -0.670. The number of halogens is 2. The maximum absolute atomic E-state index is 13.8. The molecule has 0 amide bonds. The Morgan fingerprint density at radius 2 is 1.95 bits per heavy atom. The number of rotatable bonds is 5. The summed E-state index contributed by atoms with van der Waals surface area (Å²) in [6, 6.07) is 4.90. The molecule has 6 heteroatoms. The molecule has 122 valence electrons. The third kappa shape index (κ3) is 4.35. The van der Waals surface area contributed by atoms with Crippen LogP contribution in [-0.4, -0.2) is 53.7 Å². The third-order valence-corrected chi connectivity index (χ3v) is 4.69. The average Bonchev–Trinajstić information content (AvgIpc) is 2.49. The summed E-state index contributed by atoms with van der Waals surface area (Å²) >= 11 is 3.15. The van der Waals surface area contributed by atoms with Gasteiger partial charge in [-0.05, 0) is 33.6 Å². The van der Waals surface area contributed by atoms with Crippen molar-refractivity contribution in [3.63, 3.8) is 0 Å². The zero-order chi connectivity index (χ0) is 16.3. The molecule has 1 aliphatic rings. The van der Waals surface area contributed by atoms with Crippen molar-refractivity contribution in [2.75, 3.05) is 32.7 Å². The molecule has 1 N–H and O–H groups in total. The van der Waals surface area contributed by atoms with Gasteiger partial charge in [0.25, 0.3) is 0 Å². The highest BCUT2D eigenvalue weighted by atomic mass is 79.9. The largest absolute Gasteiger partial charge is 0.314 e. The highest BCUT2D eigenvalue weighted by Crippen LogP contribution is 2.26. The fourth-order valence-electron chi connectivity index (χ4n) is 2.67. The van der Waals surface area contributed by atoms with Crippen LogP contribution in [-0.2, 0) is 4.79 Å². The van der Waals surface area contributed by atoms with E-state index in [1.54, 1.807) is 12.1 Å². The standard InChI is InChI=1S/C16H22BrFN2O2/c1-11(2)16(21)13(10-19-5-7-20(22)8-6-19)12-3-4-14(17)15(18)9-12/h3-4,9,11,13,22H,5-8,10H2,1-2H3/t13-/m0/s1. The van der Waals surface area contributed by atoms with Crippen molar-refractivity contribution in [1.82, 2.24) is 9.96 Å². The van der Waals surface area contributed by atoms with Gasteiger partial charge in [0.2, 0.25) is 0 Å². The van der Waals surface area contributed by atoms with E-state index in [1.165, 1.54) is 11.1 Å². The minimum absolute atomic E-state index is 0.101. The zero-order valence-corrected chi connectivity index (χ0v) is 14.5. The SMILES string of the molecule is CC(C)C(=O)[C@@H](CN1CCN(O)CC1)c1ccc(Br)c(F)c1. The number of carbonyl (C=O) groups excluding carboxylic acids is 1. The van der Waals surface area contributed by atoms with Crippen LogP contribution >= 0.6 is 15.9 Å². The van der Waals surface area contributed by atoms with Gasteiger partial charge in [-0.2, -0.15) is 5.06 Å². The van der Waals surface area contributed by atoms with Crippen LogP contribution in [0.5, 0.6) is 0 Å². The Morgan fingerprint density at radius 1 is 1.32 bits per heavy atom. The molecule has 0 unspecified atom stereocenters. The maximum Gasteiger partial charge on any atom is 0.144 e. The van der Waals surface area contributed by atoms with Gasteiger partial charge in [0.15, 0.2) is 0 Å². The first kappa shape index (κ1) is 17.5. The van der Waals surface area contributed by atoms with Crippen molar-refractivity contribution in [2.24, 2.45) is 5.92 Å². The van der Waals surface area contributed by atoms with Crippen LogP contribution in [0.4, 0.5) is 4.39 Å². The number of Topliss-reactive ketones (excluding diaryl/α,β-unsaturated/α-hetero) is 1. The normalized spacial score (nSPS) is 18.6. The first-order valence-corrected chi connectivity index (χ1v) is 8.32. The summed E-state index contributed by atoms with van der Waals surface area (Å²) in [6.45, 7) is 6.85. The smallest absolute Gasteiger partial charge is 0.144 e. The summed E-state index contributed by atoms with van der Waals surface area (Å²) in [6.07, 6.45) is 0. The molecule has 1 atom stereocenters. The van der Waals surface area contributed by atoms with E-state index in [4.69, 9.17) is 0 Å². The molecule has 2 rings (SSSR count). The van der Waals surface area contributed by atoms with Crippen LogP contribution < -0.4 is 0 Å².